The molecular formula is C19H27ClN2O3. The van der Waals surface area contributed by atoms with Crippen molar-refractivity contribution in [2.45, 2.75) is 46.1 Å². The summed E-state index contributed by atoms with van der Waals surface area (Å²) in [7, 11) is 0. The first-order valence-electron chi connectivity index (χ1n) is 8.67. The van der Waals surface area contributed by atoms with Crippen LogP contribution in [0.4, 0.5) is 10.5 Å². The van der Waals surface area contributed by atoms with E-state index in [-0.39, 0.29) is 6.09 Å². The Kier molecular flexibility index (Phi) is 6.33. The smallest absolute Gasteiger partial charge is 0.410 e. The number of piperazine rings is 1. The molecule has 0 N–H and O–H groups in total. The van der Waals surface area contributed by atoms with Crippen LogP contribution in [0.15, 0.2) is 12.1 Å². The van der Waals surface area contributed by atoms with Crippen LogP contribution in [-0.4, -0.2) is 49.1 Å². The molecule has 0 aliphatic carbocycles. The van der Waals surface area contributed by atoms with E-state index in [1.807, 2.05) is 32.9 Å². The third-order valence-electron chi connectivity index (χ3n) is 4.26. The number of ether oxygens (including phenoxy) is 1. The zero-order chi connectivity index (χ0) is 18.6. The van der Waals surface area contributed by atoms with E-state index in [9.17, 15) is 9.59 Å². The van der Waals surface area contributed by atoms with Gasteiger partial charge in [0.05, 0.1) is 0 Å². The summed E-state index contributed by atoms with van der Waals surface area (Å²) in [6.45, 7) is 10.4. The molecule has 1 amide bonds. The first-order valence-corrected chi connectivity index (χ1v) is 9.04. The molecule has 1 saturated heterocycles. The second-order valence-electron chi connectivity index (χ2n) is 7.37. The van der Waals surface area contributed by atoms with Gasteiger partial charge in [-0.1, -0.05) is 11.6 Å². The van der Waals surface area contributed by atoms with Crippen LogP contribution in [0.3, 0.4) is 0 Å². The quantitative estimate of drug-likeness (QED) is 0.760. The fourth-order valence-corrected chi connectivity index (χ4v) is 3.21. The Hall–Kier alpha value is -1.75. The Labute approximate surface area is 154 Å². The predicted molar refractivity (Wildman–Crippen MR) is 101 cm³/mol. The molecule has 6 heteroatoms. The molecule has 1 fully saturated rings. The Morgan fingerprint density at radius 1 is 1.24 bits per heavy atom. The van der Waals surface area contributed by atoms with Crippen LogP contribution in [0.1, 0.15) is 38.3 Å². The van der Waals surface area contributed by atoms with Crippen LogP contribution in [0.5, 0.6) is 0 Å². The second-order valence-corrected chi connectivity index (χ2v) is 7.81. The minimum atomic E-state index is -0.481. The fourth-order valence-electron chi connectivity index (χ4n) is 2.98. The molecule has 0 atom stereocenters. The highest BCUT2D eigenvalue weighted by molar-refractivity contribution is 6.31. The summed E-state index contributed by atoms with van der Waals surface area (Å²) >= 11 is 6.27. The average molecular weight is 367 g/mol. The number of carbonyl (C=O) groups is 2. The number of hydrogen-bond donors (Lipinski definition) is 0. The molecule has 0 bridgehead atoms. The average Bonchev–Trinajstić information content (AvgIpc) is 2.54. The lowest BCUT2D eigenvalue weighted by Gasteiger charge is -2.37. The largest absolute Gasteiger partial charge is 0.444 e. The van der Waals surface area contributed by atoms with Crippen molar-refractivity contribution in [2.24, 2.45) is 0 Å². The summed E-state index contributed by atoms with van der Waals surface area (Å²) in [5.41, 5.74) is 2.85. The van der Waals surface area contributed by atoms with E-state index in [2.05, 4.69) is 11.8 Å². The van der Waals surface area contributed by atoms with E-state index in [1.54, 1.807) is 4.90 Å². The van der Waals surface area contributed by atoms with Crippen LogP contribution >= 0.6 is 11.6 Å². The van der Waals surface area contributed by atoms with Gasteiger partial charge in [0.25, 0.3) is 0 Å². The molecule has 0 saturated carbocycles. The molecule has 25 heavy (non-hydrogen) atoms. The molecule has 5 nitrogen and oxygen atoms in total. The molecule has 1 aliphatic rings. The van der Waals surface area contributed by atoms with E-state index in [0.29, 0.717) is 31.0 Å². The molecular weight excluding hydrogens is 340 g/mol. The maximum atomic E-state index is 12.2. The van der Waals surface area contributed by atoms with Crippen molar-refractivity contribution in [1.29, 1.82) is 0 Å². The Balaban J connectivity index is 2.06. The number of hydrogen-bond acceptors (Lipinski definition) is 4. The predicted octanol–water partition coefficient (Wildman–Crippen LogP) is 3.84. The molecule has 1 aliphatic heterocycles. The van der Waals surface area contributed by atoms with Crippen LogP contribution in [0.25, 0.3) is 0 Å². The van der Waals surface area contributed by atoms with Gasteiger partial charge in [0.2, 0.25) is 0 Å². The second kappa shape index (κ2) is 8.09. The summed E-state index contributed by atoms with van der Waals surface area (Å²) in [4.78, 5) is 26.8. The third kappa shape index (κ3) is 5.36. The van der Waals surface area contributed by atoms with E-state index in [0.717, 1.165) is 36.2 Å². The SMILES string of the molecule is Cc1c(CCC=O)cc(Cl)cc1N1CCN(C(=O)OC(C)(C)C)CC1. The van der Waals surface area contributed by atoms with Crippen LogP contribution in [-0.2, 0) is 16.0 Å². The molecule has 1 aromatic carbocycles. The number of carbonyl (C=O) groups excluding carboxylic acids is 2. The monoisotopic (exact) mass is 366 g/mol. The summed E-state index contributed by atoms with van der Waals surface area (Å²) in [5, 5.41) is 0.677. The van der Waals surface area contributed by atoms with Crippen molar-refractivity contribution < 1.29 is 14.3 Å². The lowest BCUT2D eigenvalue weighted by atomic mass is 10.0. The molecule has 1 aromatic rings. The highest BCUT2D eigenvalue weighted by atomic mass is 35.5. The molecule has 0 aromatic heterocycles. The Morgan fingerprint density at radius 3 is 2.44 bits per heavy atom. The molecule has 0 radical (unpaired) electrons. The van der Waals surface area contributed by atoms with Crippen molar-refractivity contribution in [1.82, 2.24) is 4.90 Å². The summed E-state index contributed by atoms with van der Waals surface area (Å²) in [6.07, 6.45) is 1.86. The highest BCUT2D eigenvalue weighted by Crippen LogP contribution is 2.29. The van der Waals surface area contributed by atoms with E-state index in [4.69, 9.17) is 16.3 Å². The first kappa shape index (κ1) is 19.6. The lowest BCUT2D eigenvalue weighted by molar-refractivity contribution is -0.107. The molecule has 0 spiro atoms. The van der Waals surface area contributed by atoms with Gasteiger partial charge in [0, 0.05) is 43.3 Å². The number of halogens is 1. The normalized spacial score (nSPS) is 15.2. The van der Waals surface area contributed by atoms with Gasteiger partial charge in [-0.05, 0) is 57.4 Å². The van der Waals surface area contributed by atoms with Crippen LogP contribution in [0, 0.1) is 6.92 Å². The Morgan fingerprint density at radius 2 is 1.88 bits per heavy atom. The maximum Gasteiger partial charge on any atom is 0.410 e. The van der Waals surface area contributed by atoms with Crippen molar-refractivity contribution in [3.63, 3.8) is 0 Å². The van der Waals surface area contributed by atoms with Gasteiger partial charge in [0.1, 0.15) is 11.9 Å². The number of nitrogens with zero attached hydrogens (tertiary/aromatic N) is 2. The number of amides is 1. The number of aryl methyl sites for hydroxylation is 1. The molecule has 1 heterocycles. The molecule has 2 rings (SSSR count). The van der Waals surface area contributed by atoms with Gasteiger partial charge in [-0.25, -0.2) is 4.79 Å². The standard InChI is InChI=1S/C19H27ClN2O3/c1-14-15(6-5-11-23)12-16(20)13-17(14)21-7-9-22(10-8-21)18(24)25-19(2,3)4/h11-13H,5-10H2,1-4H3. The summed E-state index contributed by atoms with van der Waals surface area (Å²) in [6, 6.07) is 3.89. The van der Waals surface area contributed by atoms with E-state index < -0.39 is 5.60 Å². The van der Waals surface area contributed by atoms with Gasteiger partial charge >= 0.3 is 6.09 Å². The van der Waals surface area contributed by atoms with Crippen LogP contribution in [0.2, 0.25) is 5.02 Å². The van der Waals surface area contributed by atoms with Crippen LogP contribution < -0.4 is 4.90 Å². The number of rotatable bonds is 4. The van der Waals surface area contributed by atoms with Gasteiger partial charge in [-0.15, -0.1) is 0 Å². The summed E-state index contributed by atoms with van der Waals surface area (Å²) in [5.74, 6) is 0. The minimum Gasteiger partial charge on any atom is -0.444 e. The third-order valence-corrected chi connectivity index (χ3v) is 4.47. The molecule has 0 unspecified atom stereocenters. The maximum absolute atomic E-state index is 12.2. The van der Waals surface area contributed by atoms with Crippen molar-refractivity contribution >= 4 is 29.7 Å². The van der Waals surface area contributed by atoms with Crippen molar-refractivity contribution in [3.05, 3.63) is 28.3 Å². The highest BCUT2D eigenvalue weighted by Gasteiger charge is 2.26. The molecule has 138 valence electrons. The van der Waals surface area contributed by atoms with Gasteiger partial charge in [-0.3, -0.25) is 0 Å². The zero-order valence-electron chi connectivity index (χ0n) is 15.5. The van der Waals surface area contributed by atoms with E-state index >= 15 is 0 Å². The first-order chi connectivity index (χ1) is 11.7. The van der Waals surface area contributed by atoms with Gasteiger partial charge in [-0.2, -0.15) is 0 Å². The topological polar surface area (TPSA) is 49.9 Å². The van der Waals surface area contributed by atoms with Crippen molar-refractivity contribution in [2.75, 3.05) is 31.1 Å². The minimum absolute atomic E-state index is 0.262. The zero-order valence-corrected chi connectivity index (χ0v) is 16.2. The van der Waals surface area contributed by atoms with Gasteiger partial charge < -0.3 is 19.3 Å². The van der Waals surface area contributed by atoms with Crippen molar-refractivity contribution in [3.8, 4) is 0 Å². The van der Waals surface area contributed by atoms with E-state index in [1.165, 1.54) is 0 Å². The lowest BCUT2D eigenvalue weighted by Crippen LogP contribution is -2.50. The fraction of sp³-hybridized carbons (Fsp3) is 0.579. The number of benzene rings is 1. The number of anilines is 1. The Bertz CT molecular complexity index is 632. The van der Waals surface area contributed by atoms with Gasteiger partial charge in [0.15, 0.2) is 0 Å². The summed E-state index contributed by atoms with van der Waals surface area (Å²) < 4.78 is 5.44. The number of aldehydes is 1.